The van der Waals surface area contributed by atoms with Crippen molar-refractivity contribution in [2.24, 2.45) is 11.8 Å². The van der Waals surface area contributed by atoms with Gasteiger partial charge in [-0.25, -0.2) is 0 Å². The van der Waals surface area contributed by atoms with E-state index in [1.165, 1.54) is 0 Å². The molecule has 2 aromatic rings. The molecule has 2 aromatic carbocycles. The predicted molar refractivity (Wildman–Crippen MR) is 124 cm³/mol. The van der Waals surface area contributed by atoms with Gasteiger partial charge in [-0.05, 0) is 49.9 Å². The summed E-state index contributed by atoms with van der Waals surface area (Å²) >= 11 is 0. The average Bonchev–Trinajstić information content (AvgIpc) is 2.82. The zero-order valence-corrected chi connectivity index (χ0v) is 19.3. The van der Waals surface area contributed by atoms with Crippen molar-refractivity contribution in [3.05, 3.63) is 65.2 Å². The molecular weight excluding hydrogens is 404 g/mol. The summed E-state index contributed by atoms with van der Waals surface area (Å²) in [4.78, 5) is 40.5. The van der Waals surface area contributed by atoms with Gasteiger partial charge in [-0.2, -0.15) is 0 Å². The summed E-state index contributed by atoms with van der Waals surface area (Å²) in [6.45, 7) is 6.87. The van der Waals surface area contributed by atoms with E-state index < -0.39 is 6.04 Å². The fourth-order valence-electron chi connectivity index (χ4n) is 3.99. The first-order valence-electron chi connectivity index (χ1n) is 11.1. The summed E-state index contributed by atoms with van der Waals surface area (Å²) in [7, 11) is 1.57. The van der Waals surface area contributed by atoms with E-state index in [-0.39, 0.29) is 29.4 Å². The Hall–Kier alpha value is -3.15. The average molecular weight is 437 g/mol. The zero-order chi connectivity index (χ0) is 23.3. The van der Waals surface area contributed by atoms with Crippen LogP contribution >= 0.6 is 0 Å². The molecule has 0 aromatic heterocycles. The van der Waals surface area contributed by atoms with E-state index in [0.717, 1.165) is 11.1 Å². The van der Waals surface area contributed by atoms with Gasteiger partial charge in [0.15, 0.2) is 5.78 Å². The van der Waals surface area contributed by atoms with Crippen molar-refractivity contribution < 1.29 is 19.1 Å². The Bertz CT molecular complexity index is 943. The highest BCUT2D eigenvalue weighted by molar-refractivity contribution is 5.99. The number of carbonyl (C=O) groups is 3. The van der Waals surface area contributed by atoms with Crippen molar-refractivity contribution in [2.75, 3.05) is 20.2 Å². The molecule has 1 saturated heterocycles. The van der Waals surface area contributed by atoms with E-state index in [4.69, 9.17) is 4.74 Å². The van der Waals surface area contributed by atoms with Gasteiger partial charge in [0, 0.05) is 30.1 Å². The Labute approximate surface area is 189 Å². The number of rotatable bonds is 7. The van der Waals surface area contributed by atoms with Crippen LogP contribution in [0.25, 0.3) is 0 Å². The molecule has 170 valence electrons. The van der Waals surface area contributed by atoms with Crippen molar-refractivity contribution in [2.45, 2.75) is 39.7 Å². The molecule has 1 unspecified atom stereocenters. The molecule has 6 heteroatoms. The van der Waals surface area contributed by atoms with Crippen molar-refractivity contribution in [1.29, 1.82) is 0 Å². The number of nitrogens with one attached hydrogen (secondary N) is 1. The van der Waals surface area contributed by atoms with Crippen molar-refractivity contribution in [3.8, 4) is 5.75 Å². The van der Waals surface area contributed by atoms with Crippen LogP contribution < -0.4 is 10.1 Å². The highest BCUT2D eigenvalue weighted by atomic mass is 16.5. The van der Waals surface area contributed by atoms with E-state index in [9.17, 15) is 14.4 Å². The monoisotopic (exact) mass is 436 g/mol. The van der Waals surface area contributed by atoms with Crippen LogP contribution in [-0.2, 0) is 4.79 Å². The summed E-state index contributed by atoms with van der Waals surface area (Å²) in [5, 5.41) is 2.89. The van der Waals surface area contributed by atoms with Crippen LogP contribution in [0.5, 0.6) is 5.75 Å². The van der Waals surface area contributed by atoms with E-state index in [1.807, 2.05) is 45.0 Å². The Kier molecular flexibility index (Phi) is 7.67. The van der Waals surface area contributed by atoms with Crippen LogP contribution in [0.3, 0.4) is 0 Å². The highest BCUT2D eigenvalue weighted by Gasteiger charge is 2.33. The maximum atomic E-state index is 13.2. The molecule has 1 atom stereocenters. The molecule has 0 radical (unpaired) electrons. The Morgan fingerprint density at radius 3 is 2.03 bits per heavy atom. The molecule has 2 amide bonds. The number of benzene rings is 2. The Morgan fingerprint density at radius 1 is 0.938 bits per heavy atom. The minimum atomic E-state index is -0.617. The quantitative estimate of drug-likeness (QED) is 0.669. The first kappa shape index (κ1) is 23.5. The summed E-state index contributed by atoms with van der Waals surface area (Å²) in [6, 6.07) is 13.8. The summed E-state index contributed by atoms with van der Waals surface area (Å²) in [5.74, 6) is 0.295. The van der Waals surface area contributed by atoms with Gasteiger partial charge in [-0.1, -0.05) is 43.7 Å². The minimum absolute atomic E-state index is 0.0587. The number of aryl methyl sites for hydroxylation is 1. The Balaban J connectivity index is 1.60. The van der Waals surface area contributed by atoms with E-state index in [0.29, 0.717) is 37.2 Å². The topological polar surface area (TPSA) is 75.7 Å². The molecule has 0 aliphatic carbocycles. The maximum Gasteiger partial charge on any atom is 0.251 e. The fraction of sp³-hybridized carbons (Fsp3) is 0.423. The Morgan fingerprint density at radius 2 is 1.50 bits per heavy atom. The van der Waals surface area contributed by atoms with E-state index >= 15 is 0 Å². The van der Waals surface area contributed by atoms with Gasteiger partial charge >= 0.3 is 0 Å². The second-order valence-corrected chi connectivity index (χ2v) is 8.75. The van der Waals surface area contributed by atoms with Crippen molar-refractivity contribution in [3.63, 3.8) is 0 Å². The summed E-state index contributed by atoms with van der Waals surface area (Å²) in [6.07, 6.45) is 1.27. The molecule has 1 aliphatic heterocycles. The third-order valence-electron chi connectivity index (χ3n) is 6.09. The molecule has 6 nitrogen and oxygen atoms in total. The van der Waals surface area contributed by atoms with E-state index in [2.05, 4.69) is 5.32 Å². The van der Waals surface area contributed by atoms with Gasteiger partial charge in [0.1, 0.15) is 11.8 Å². The minimum Gasteiger partial charge on any atom is -0.497 e. The normalized spacial score (nSPS) is 15.3. The van der Waals surface area contributed by atoms with Crippen LogP contribution in [0.4, 0.5) is 0 Å². The van der Waals surface area contributed by atoms with Crippen LogP contribution in [0.15, 0.2) is 48.5 Å². The first-order valence-corrected chi connectivity index (χ1v) is 11.1. The number of ether oxygens (including phenoxy) is 1. The number of methoxy groups -OCH3 is 1. The van der Waals surface area contributed by atoms with Crippen LogP contribution in [-0.4, -0.2) is 48.7 Å². The summed E-state index contributed by atoms with van der Waals surface area (Å²) < 4.78 is 5.13. The lowest BCUT2D eigenvalue weighted by Crippen LogP contribution is -2.53. The number of hydrogen-bond donors (Lipinski definition) is 1. The number of ketones is 1. The third-order valence-corrected chi connectivity index (χ3v) is 6.09. The number of piperidine rings is 1. The standard InChI is InChI=1S/C26H32N2O4/c1-17(2)23(27-25(30)21-9-11-22(32-4)12-10-21)26(31)28-15-13-20(14-16-28)24(29)19-7-5-18(3)6-8-19/h5-12,17,20,23H,13-16H2,1-4H3,(H,27,30). The van der Waals surface area contributed by atoms with Crippen molar-refractivity contribution >= 4 is 17.6 Å². The number of Topliss-reactive ketones (excluding diaryl/α,β-unsaturated/α-hetero) is 1. The van der Waals surface area contributed by atoms with Crippen LogP contribution in [0.1, 0.15) is 53.0 Å². The van der Waals surface area contributed by atoms with Crippen LogP contribution in [0, 0.1) is 18.8 Å². The van der Waals surface area contributed by atoms with Gasteiger partial charge in [0.25, 0.3) is 5.91 Å². The molecule has 1 heterocycles. The molecule has 0 saturated carbocycles. The molecule has 0 bridgehead atoms. The maximum absolute atomic E-state index is 13.2. The predicted octanol–water partition coefficient (Wildman–Crippen LogP) is 3.88. The molecule has 1 N–H and O–H groups in total. The van der Waals surface area contributed by atoms with Gasteiger partial charge in [-0.15, -0.1) is 0 Å². The number of likely N-dealkylation sites (tertiary alicyclic amines) is 1. The van der Waals surface area contributed by atoms with Crippen molar-refractivity contribution in [1.82, 2.24) is 10.2 Å². The summed E-state index contributed by atoms with van der Waals surface area (Å²) in [5.41, 5.74) is 2.33. The van der Waals surface area contributed by atoms with Gasteiger partial charge in [0.2, 0.25) is 5.91 Å². The highest BCUT2D eigenvalue weighted by Crippen LogP contribution is 2.23. The molecule has 3 rings (SSSR count). The molecule has 0 spiro atoms. The van der Waals surface area contributed by atoms with Gasteiger partial charge in [0.05, 0.1) is 7.11 Å². The number of hydrogen-bond acceptors (Lipinski definition) is 4. The zero-order valence-electron chi connectivity index (χ0n) is 19.3. The molecule has 1 aliphatic rings. The van der Waals surface area contributed by atoms with Gasteiger partial charge < -0.3 is 15.0 Å². The largest absolute Gasteiger partial charge is 0.497 e. The number of carbonyl (C=O) groups excluding carboxylic acids is 3. The van der Waals surface area contributed by atoms with Crippen LogP contribution in [0.2, 0.25) is 0 Å². The second kappa shape index (κ2) is 10.4. The lowest BCUT2D eigenvalue weighted by atomic mass is 9.88. The van der Waals surface area contributed by atoms with Gasteiger partial charge in [-0.3, -0.25) is 14.4 Å². The first-order chi connectivity index (χ1) is 15.3. The second-order valence-electron chi connectivity index (χ2n) is 8.75. The number of amides is 2. The third kappa shape index (κ3) is 5.55. The molecule has 1 fully saturated rings. The smallest absolute Gasteiger partial charge is 0.251 e. The van der Waals surface area contributed by atoms with E-state index in [1.54, 1.807) is 36.3 Å². The number of nitrogens with zero attached hydrogens (tertiary/aromatic N) is 1. The SMILES string of the molecule is COc1ccc(C(=O)NC(C(=O)N2CCC(C(=O)c3ccc(C)cc3)CC2)C(C)C)cc1. The lowest BCUT2D eigenvalue weighted by Gasteiger charge is -2.35. The fourth-order valence-corrected chi connectivity index (χ4v) is 3.99. The molecule has 32 heavy (non-hydrogen) atoms. The lowest BCUT2D eigenvalue weighted by molar-refractivity contribution is -0.135. The molecular formula is C26H32N2O4.